The number of aliphatic hydroxyl groups excluding tert-OH is 1. The van der Waals surface area contributed by atoms with Gasteiger partial charge in [0.2, 0.25) is 5.91 Å². The number of hydrogen-bond acceptors (Lipinski definition) is 2. The topological polar surface area (TPSA) is 49.3 Å². The number of carbonyl (C=O) groups is 1. The quantitative estimate of drug-likeness (QED) is 0.706. The molecule has 2 N–H and O–H groups in total. The van der Waals surface area contributed by atoms with Crippen molar-refractivity contribution in [2.45, 2.75) is 40.7 Å². The number of nitrogens with one attached hydrogen (secondary N) is 1. The first kappa shape index (κ1) is 13.4. The lowest BCUT2D eigenvalue weighted by Crippen LogP contribution is -2.38. The minimum Gasteiger partial charge on any atom is -0.391 e. The van der Waals surface area contributed by atoms with Crippen LogP contribution in [0.2, 0.25) is 0 Å². The van der Waals surface area contributed by atoms with E-state index in [1.165, 1.54) is 0 Å². The number of hydrogen-bond donors (Lipinski definition) is 2. The molecule has 0 saturated heterocycles. The largest absolute Gasteiger partial charge is 0.391 e. The number of amides is 1. The van der Waals surface area contributed by atoms with Gasteiger partial charge < -0.3 is 10.4 Å². The van der Waals surface area contributed by atoms with E-state index >= 15 is 0 Å². The van der Waals surface area contributed by atoms with Gasteiger partial charge in [-0.2, -0.15) is 0 Å². The van der Waals surface area contributed by atoms with E-state index in [1.807, 2.05) is 34.6 Å². The Kier molecular flexibility index (Phi) is 5.77. The van der Waals surface area contributed by atoms with Crippen LogP contribution >= 0.6 is 0 Å². The first-order chi connectivity index (χ1) is 6.36. The normalized spacial score (nSPS) is 15.7. The second-order valence-electron chi connectivity index (χ2n) is 4.59. The van der Waals surface area contributed by atoms with Crippen LogP contribution < -0.4 is 5.32 Å². The summed E-state index contributed by atoms with van der Waals surface area (Å²) in [5, 5.41) is 12.2. The SMILES string of the molecule is CC(C)C(O)CNC(=O)C(C)C(C)C. The third-order valence-electron chi connectivity index (χ3n) is 2.67. The van der Waals surface area contributed by atoms with Crippen LogP contribution in [0.5, 0.6) is 0 Å². The minimum absolute atomic E-state index is 0.00867. The van der Waals surface area contributed by atoms with Crippen molar-refractivity contribution < 1.29 is 9.90 Å². The van der Waals surface area contributed by atoms with Crippen LogP contribution in [0.3, 0.4) is 0 Å². The molecule has 0 bridgehead atoms. The molecule has 2 atom stereocenters. The molecule has 0 aromatic heterocycles. The van der Waals surface area contributed by atoms with Crippen LogP contribution in [0.15, 0.2) is 0 Å². The van der Waals surface area contributed by atoms with Crippen LogP contribution in [0.4, 0.5) is 0 Å². The molecule has 0 aliphatic heterocycles. The summed E-state index contributed by atoms with van der Waals surface area (Å²) in [6, 6.07) is 0. The molecule has 0 spiro atoms. The fraction of sp³-hybridized carbons (Fsp3) is 0.909. The molecule has 14 heavy (non-hydrogen) atoms. The molecule has 1 amide bonds. The second kappa shape index (κ2) is 6.02. The Morgan fingerprint density at radius 2 is 1.64 bits per heavy atom. The summed E-state index contributed by atoms with van der Waals surface area (Å²) in [4.78, 5) is 11.5. The van der Waals surface area contributed by atoms with Gasteiger partial charge in [-0.15, -0.1) is 0 Å². The first-order valence-electron chi connectivity index (χ1n) is 5.32. The highest BCUT2D eigenvalue weighted by molar-refractivity contribution is 5.78. The molecule has 0 heterocycles. The van der Waals surface area contributed by atoms with Gasteiger partial charge in [-0.05, 0) is 11.8 Å². The predicted molar refractivity (Wildman–Crippen MR) is 57.9 cm³/mol. The average molecular weight is 201 g/mol. The van der Waals surface area contributed by atoms with Crippen molar-refractivity contribution in [2.24, 2.45) is 17.8 Å². The van der Waals surface area contributed by atoms with E-state index in [0.29, 0.717) is 12.5 Å². The van der Waals surface area contributed by atoms with Crippen molar-refractivity contribution >= 4 is 5.91 Å². The van der Waals surface area contributed by atoms with Gasteiger partial charge >= 0.3 is 0 Å². The van der Waals surface area contributed by atoms with Gasteiger partial charge in [0.05, 0.1) is 6.10 Å². The molecule has 2 unspecified atom stereocenters. The fourth-order valence-corrected chi connectivity index (χ4v) is 0.905. The summed E-state index contributed by atoms with van der Waals surface area (Å²) in [5.74, 6) is 0.560. The second-order valence-corrected chi connectivity index (χ2v) is 4.59. The van der Waals surface area contributed by atoms with Crippen molar-refractivity contribution in [3.8, 4) is 0 Å². The summed E-state index contributed by atoms with van der Waals surface area (Å²) in [6.07, 6.45) is -0.446. The molecule has 0 aliphatic rings. The molecule has 0 rings (SSSR count). The molecule has 0 radical (unpaired) electrons. The van der Waals surface area contributed by atoms with Gasteiger partial charge in [0.25, 0.3) is 0 Å². The van der Waals surface area contributed by atoms with Crippen molar-refractivity contribution in [1.82, 2.24) is 5.32 Å². The van der Waals surface area contributed by atoms with E-state index in [2.05, 4.69) is 5.32 Å². The summed E-state index contributed by atoms with van der Waals surface area (Å²) in [6.45, 7) is 10.2. The average Bonchev–Trinajstić information content (AvgIpc) is 2.11. The van der Waals surface area contributed by atoms with Gasteiger partial charge in [0, 0.05) is 12.5 Å². The lowest BCUT2D eigenvalue weighted by Gasteiger charge is -2.19. The minimum atomic E-state index is -0.446. The first-order valence-corrected chi connectivity index (χ1v) is 5.32. The van der Waals surface area contributed by atoms with Gasteiger partial charge in [-0.3, -0.25) is 4.79 Å². The smallest absolute Gasteiger partial charge is 0.223 e. The summed E-state index contributed by atoms with van der Waals surface area (Å²) < 4.78 is 0. The van der Waals surface area contributed by atoms with E-state index in [1.54, 1.807) is 0 Å². The highest BCUT2D eigenvalue weighted by atomic mass is 16.3. The summed E-state index contributed by atoms with van der Waals surface area (Å²) >= 11 is 0. The number of aliphatic hydroxyl groups is 1. The Labute approximate surface area is 86.9 Å². The zero-order valence-electron chi connectivity index (χ0n) is 9.87. The van der Waals surface area contributed by atoms with Crippen LogP contribution in [-0.2, 0) is 4.79 Å². The van der Waals surface area contributed by atoms with E-state index in [4.69, 9.17) is 0 Å². The molecule has 0 saturated carbocycles. The standard InChI is InChI=1S/C11H23NO2/c1-7(2)9(5)11(14)12-6-10(13)8(3)4/h7-10,13H,6H2,1-5H3,(H,12,14). The van der Waals surface area contributed by atoms with Crippen molar-refractivity contribution in [1.29, 1.82) is 0 Å². The zero-order valence-corrected chi connectivity index (χ0v) is 9.87. The lowest BCUT2D eigenvalue weighted by atomic mass is 9.97. The van der Waals surface area contributed by atoms with Crippen LogP contribution in [-0.4, -0.2) is 23.7 Å². The van der Waals surface area contributed by atoms with E-state index in [-0.39, 0.29) is 17.7 Å². The molecule has 0 aliphatic carbocycles. The van der Waals surface area contributed by atoms with Crippen molar-refractivity contribution in [3.05, 3.63) is 0 Å². The predicted octanol–water partition coefficient (Wildman–Crippen LogP) is 1.41. The van der Waals surface area contributed by atoms with Crippen LogP contribution in [0.1, 0.15) is 34.6 Å². The fourth-order valence-electron chi connectivity index (χ4n) is 0.905. The van der Waals surface area contributed by atoms with Crippen molar-refractivity contribution in [2.75, 3.05) is 6.54 Å². The third kappa shape index (κ3) is 4.61. The number of carbonyl (C=O) groups excluding carboxylic acids is 1. The molecular formula is C11H23NO2. The maximum Gasteiger partial charge on any atom is 0.223 e. The van der Waals surface area contributed by atoms with E-state index < -0.39 is 6.10 Å². The molecule has 3 heteroatoms. The van der Waals surface area contributed by atoms with Gasteiger partial charge in [-0.25, -0.2) is 0 Å². The summed E-state index contributed by atoms with van der Waals surface area (Å²) in [7, 11) is 0. The molecule has 3 nitrogen and oxygen atoms in total. The molecular weight excluding hydrogens is 178 g/mol. The molecule has 84 valence electrons. The van der Waals surface area contributed by atoms with Gasteiger partial charge in [0.1, 0.15) is 0 Å². The van der Waals surface area contributed by atoms with Gasteiger partial charge in [-0.1, -0.05) is 34.6 Å². The highest BCUT2D eigenvalue weighted by Gasteiger charge is 2.17. The monoisotopic (exact) mass is 201 g/mol. The maximum atomic E-state index is 11.5. The molecule has 0 fully saturated rings. The Morgan fingerprint density at radius 3 is 2.00 bits per heavy atom. The highest BCUT2D eigenvalue weighted by Crippen LogP contribution is 2.09. The molecule has 0 aromatic carbocycles. The van der Waals surface area contributed by atoms with Crippen molar-refractivity contribution in [3.63, 3.8) is 0 Å². The Morgan fingerprint density at radius 1 is 1.14 bits per heavy atom. The Balaban J connectivity index is 3.85. The number of rotatable bonds is 5. The van der Waals surface area contributed by atoms with Crippen LogP contribution in [0.25, 0.3) is 0 Å². The lowest BCUT2D eigenvalue weighted by molar-refractivity contribution is -0.126. The van der Waals surface area contributed by atoms with E-state index in [9.17, 15) is 9.90 Å². The van der Waals surface area contributed by atoms with Gasteiger partial charge in [0.15, 0.2) is 0 Å². The third-order valence-corrected chi connectivity index (χ3v) is 2.67. The Bertz CT molecular complexity index is 178. The Hall–Kier alpha value is -0.570. The molecule has 0 aromatic rings. The maximum absolute atomic E-state index is 11.5. The van der Waals surface area contributed by atoms with E-state index in [0.717, 1.165) is 0 Å². The summed E-state index contributed by atoms with van der Waals surface area (Å²) in [5.41, 5.74) is 0. The van der Waals surface area contributed by atoms with Crippen LogP contribution in [0, 0.1) is 17.8 Å². The zero-order chi connectivity index (χ0) is 11.3.